The number of hydrogen-bond donors (Lipinski definition) is 0. The highest BCUT2D eigenvalue weighted by Crippen LogP contribution is 2.02. The van der Waals surface area contributed by atoms with Crippen LogP contribution in [-0.2, 0) is 34.4 Å². The van der Waals surface area contributed by atoms with Gasteiger partial charge in [-0.05, 0) is 0 Å². The maximum absolute atomic E-state index is 4.98. The topological polar surface area (TPSA) is 64.6 Å². The highest BCUT2D eigenvalue weighted by Gasteiger charge is 2.16. The van der Waals surface area contributed by atoms with Crippen molar-refractivity contribution >= 4 is 0 Å². The van der Waals surface area contributed by atoms with Crippen LogP contribution in [0.1, 0.15) is 0 Å². The lowest BCUT2D eigenvalue weighted by molar-refractivity contribution is -0.673. The first-order valence-corrected chi connectivity index (χ1v) is 3.52. The Kier molecular flexibility index (Phi) is 5.61. The fourth-order valence-electron chi connectivity index (χ4n) is 0.521. The summed E-state index contributed by atoms with van der Waals surface area (Å²) in [6, 6.07) is 0. The van der Waals surface area contributed by atoms with Crippen molar-refractivity contribution in [1.82, 2.24) is 0 Å². The molecule has 0 saturated carbocycles. The van der Waals surface area contributed by atoms with Crippen LogP contribution in [0.15, 0.2) is 12.7 Å². The zero-order valence-corrected chi connectivity index (χ0v) is 6.84. The van der Waals surface area contributed by atoms with Crippen molar-refractivity contribution in [2.24, 2.45) is 0 Å². The molecule has 0 N–H and O–H groups in total. The first-order valence-electron chi connectivity index (χ1n) is 3.52. The van der Waals surface area contributed by atoms with Crippen LogP contribution >= 0.6 is 0 Å². The van der Waals surface area contributed by atoms with Gasteiger partial charge in [0.2, 0.25) is 6.79 Å². The van der Waals surface area contributed by atoms with Gasteiger partial charge in [0.05, 0.1) is 6.61 Å². The Morgan fingerprint density at radius 1 is 1.31 bits per heavy atom. The third kappa shape index (κ3) is 4.90. The first-order chi connectivity index (χ1) is 6.43. The summed E-state index contributed by atoms with van der Waals surface area (Å²) in [6.07, 6.45) is 0.706. The van der Waals surface area contributed by atoms with E-state index in [0.717, 1.165) is 0 Å². The Bertz CT molecular complexity index is 131. The van der Waals surface area contributed by atoms with Gasteiger partial charge in [-0.3, -0.25) is 0 Å². The molecule has 0 atom stereocenters. The lowest BCUT2D eigenvalue weighted by Crippen LogP contribution is -2.26. The predicted octanol–water partition coefficient (Wildman–Crippen LogP) is 0.246. The smallest absolute Gasteiger partial charge is 0.253 e. The Morgan fingerprint density at radius 2 is 2.00 bits per heavy atom. The van der Waals surface area contributed by atoms with E-state index in [9.17, 15) is 0 Å². The molecule has 0 bridgehead atoms. The van der Waals surface area contributed by atoms with E-state index in [4.69, 9.17) is 4.74 Å². The van der Waals surface area contributed by atoms with Gasteiger partial charge in [0.1, 0.15) is 6.61 Å². The standard InChI is InChI=1S/C6H10O7/c1-2-3-7-4-6-10-12-8-5-9-13-11-6/h2,6H,1,3-5H2. The number of rotatable bonds is 4. The first kappa shape index (κ1) is 10.5. The molecule has 1 aliphatic rings. The van der Waals surface area contributed by atoms with Gasteiger partial charge in [0, 0.05) is 0 Å². The molecule has 1 aliphatic heterocycles. The highest BCUT2D eigenvalue weighted by molar-refractivity contribution is 4.63. The predicted molar refractivity (Wildman–Crippen MR) is 36.2 cm³/mol. The van der Waals surface area contributed by atoms with E-state index in [1.807, 2.05) is 0 Å². The molecule has 0 aromatic rings. The molecule has 1 fully saturated rings. The molecule has 0 aromatic carbocycles. The molecule has 1 rings (SSSR count). The summed E-state index contributed by atoms with van der Waals surface area (Å²) in [6.45, 7) is 3.67. The molecule has 0 aliphatic carbocycles. The van der Waals surface area contributed by atoms with Crippen LogP contribution < -0.4 is 0 Å². The summed E-state index contributed by atoms with van der Waals surface area (Å²) in [5.74, 6) is 0. The average molecular weight is 194 g/mol. The number of ether oxygens (including phenoxy) is 1. The molecule has 76 valence electrons. The van der Waals surface area contributed by atoms with Crippen LogP contribution in [0.3, 0.4) is 0 Å². The minimum absolute atomic E-state index is 0.0960. The minimum atomic E-state index is -0.875. The third-order valence-corrected chi connectivity index (χ3v) is 0.975. The minimum Gasteiger partial charge on any atom is -0.372 e. The summed E-state index contributed by atoms with van der Waals surface area (Å²) in [5, 5.41) is 8.36. The molecule has 13 heavy (non-hydrogen) atoms. The maximum Gasteiger partial charge on any atom is 0.253 e. The zero-order chi connectivity index (χ0) is 9.36. The van der Waals surface area contributed by atoms with Crippen molar-refractivity contribution in [3.63, 3.8) is 0 Å². The van der Waals surface area contributed by atoms with Crippen LogP contribution in [0, 0.1) is 0 Å². The average Bonchev–Trinajstić information content (AvgIpc) is 2.08. The molecule has 0 amide bonds. The van der Waals surface area contributed by atoms with E-state index in [1.165, 1.54) is 0 Å². The van der Waals surface area contributed by atoms with Crippen molar-refractivity contribution in [2.75, 3.05) is 20.0 Å². The Morgan fingerprint density at radius 3 is 2.62 bits per heavy atom. The summed E-state index contributed by atoms with van der Waals surface area (Å²) in [5.41, 5.74) is 0. The molecule has 7 heteroatoms. The van der Waals surface area contributed by atoms with Crippen LogP contribution in [0.4, 0.5) is 0 Å². The summed E-state index contributed by atoms with van der Waals surface area (Å²) < 4.78 is 4.98. The van der Waals surface area contributed by atoms with Gasteiger partial charge in [-0.25, -0.2) is 0 Å². The van der Waals surface area contributed by atoms with E-state index in [2.05, 4.69) is 36.2 Å². The maximum atomic E-state index is 4.98. The van der Waals surface area contributed by atoms with Crippen LogP contribution in [-0.4, -0.2) is 26.3 Å². The summed E-state index contributed by atoms with van der Waals surface area (Å²) in [7, 11) is 0. The fraction of sp³-hybridized carbons (Fsp3) is 0.667. The summed E-state index contributed by atoms with van der Waals surface area (Å²) in [4.78, 5) is 17.6. The van der Waals surface area contributed by atoms with Crippen LogP contribution in [0.2, 0.25) is 0 Å². The second-order valence-electron chi connectivity index (χ2n) is 1.94. The van der Waals surface area contributed by atoms with Crippen molar-refractivity contribution in [3.05, 3.63) is 12.7 Å². The molecule has 7 nitrogen and oxygen atoms in total. The van der Waals surface area contributed by atoms with Gasteiger partial charge in [-0.15, -0.1) is 6.58 Å². The monoisotopic (exact) mass is 194 g/mol. The van der Waals surface area contributed by atoms with Crippen molar-refractivity contribution in [1.29, 1.82) is 0 Å². The SMILES string of the molecule is C=CCOCC1OOOCOOO1. The Balaban J connectivity index is 2.10. The lowest BCUT2D eigenvalue weighted by Gasteiger charge is -2.16. The zero-order valence-electron chi connectivity index (χ0n) is 6.84. The van der Waals surface area contributed by atoms with E-state index >= 15 is 0 Å². The fourth-order valence-corrected chi connectivity index (χ4v) is 0.521. The largest absolute Gasteiger partial charge is 0.372 e. The molecule has 0 spiro atoms. The van der Waals surface area contributed by atoms with E-state index in [1.54, 1.807) is 6.08 Å². The van der Waals surface area contributed by atoms with E-state index < -0.39 is 6.29 Å². The lowest BCUT2D eigenvalue weighted by atomic mass is 10.6. The molecular formula is C6H10O7. The van der Waals surface area contributed by atoms with Crippen molar-refractivity contribution in [3.8, 4) is 0 Å². The van der Waals surface area contributed by atoms with Crippen molar-refractivity contribution in [2.45, 2.75) is 6.29 Å². The van der Waals surface area contributed by atoms with Crippen LogP contribution in [0.5, 0.6) is 0 Å². The van der Waals surface area contributed by atoms with E-state index in [-0.39, 0.29) is 13.4 Å². The van der Waals surface area contributed by atoms with Gasteiger partial charge < -0.3 is 4.74 Å². The van der Waals surface area contributed by atoms with Crippen molar-refractivity contribution < 1.29 is 34.4 Å². The molecule has 0 radical (unpaired) electrons. The van der Waals surface area contributed by atoms with Crippen LogP contribution in [0.25, 0.3) is 0 Å². The summed E-state index contributed by atoms with van der Waals surface area (Å²) >= 11 is 0. The van der Waals surface area contributed by atoms with Gasteiger partial charge >= 0.3 is 0 Å². The third-order valence-electron chi connectivity index (χ3n) is 0.975. The molecule has 0 aromatic heterocycles. The molecular weight excluding hydrogens is 184 g/mol. The Hall–Kier alpha value is -0.540. The molecule has 1 heterocycles. The number of hydrogen-bond acceptors (Lipinski definition) is 7. The van der Waals surface area contributed by atoms with Gasteiger partial charge in [-0.2, -0.15) is 19.6 Å². The quantitative estimate of drug-likeness (QED) is 0.361. The van der Waals surface area contributed by atoms with Gasteiger partial charge in [-0.1, -0.05) is 16.2 Å². The Labute approximate surface area is 74.4 Å². The second-order valence-corrected chi connectivity index (χ2v) is 1.94. The van der Waals surface area contributed by atoms with Gasteiger partial charge in [0.15, 0.2) is 0 Å². The normalized spacial score (nSPS) is 20.6. The second kappa shape index (κ2) is 6.92. The van der Waals surface area contributed by atoms with E-state index in [0.29, 0.717) is 6.61 Å². The highest BCUT2D eigenvalue weighted by atomic mass is 17.6. The molecule has 0 unspecified atom stereocenters. The van der Waals surface area contributed by atoms with Gasteiger partial charge in [0.25, 0.3) is 6.29 Å². The molecule has 1 saturated heterocycles.